The molecule has 96 valence electrons. The summed E-state index contributed by atoms with van der Waals surface area (Å²) in [5.74, 6) is 0.899. The van der Waals surface area contributed by atoms with Crippen LogP contribution in [0.25, 0.3) is 5.65 Å². The van der Waals surface area contributed by atoms with Gasteiger partial charge in [-0.05, 0) is 37.1 Å². The summed E-state index contributed by atoms with van der Waals surface area (Å²) in [6.07, 6.45) is 3.72. The van der Waals surface area contributed by atoms with Crippen LogP contribution in [0.2, 0.25) is 0 Å². The molecule has 0 spiro atoms. The minimum absolute atomic E-state index is 0.178. The molecule has 0 fully saturated rings. The van der Waals surface area contributed by atoms with Crippen molar-refractivity contribution in [1.29, 1.82) is 0 Å². The summed E-state index contributed by atoms with van der Waals surface area (Å²) in [6.45, 7) is 4.12. The second-order valence-electron chi connectivity index (χ2n) is 4.64. The Bertz CT molecular complexity index is 726. The first-order valence-electron chi connectivity index (χ1n) is 6.15. The first-order valence-corrected chi connectivity index (χ1v) is 6.15. The summed E-state index contributed by atoms with van der Waals surface area (Å²) >= 11 is 0. The van der Waals surface area contributed by atoms with Crippen LogP contribution >= 0.6 is 0 Å². The molecule has 0 amide bonds. The molecule has 0 saturated heterocycles. The number of pyridine rings is 1. The molecule has 19 heavy (non-hydrogen) atoms. The molecule has 2 heterocycles. The SMILES string of the molecule is Cc1cccc(C)c1Nc1cn2cccc(O)c2n1. The first-order chi connectivity index (χ1) is 9.15. The predicted molar refractivity (Wildman–Crippen MR) is 76.1 cm³/mol. The largest absolute Gasteiger partial charge is 0.504 e. The second-order valence-corrected chi connectivity index (χ2v) is 4.64. The fourth-order valence-corrected chi connectivity index (χ4v) is 2.20. The lowest BCUT2D eigenvalue weighted by Crippen LogP contribution is -1.95. The van der Waals surface area contributed by atoms with Gasteiger partial charge in [-0.3, -0.25) is 0 Å². The van der Waals surface area contributed by atoms with Crippen LogP contribution in [0.4, 0.5) is 11.5 Å². The fourth-order valence-electron chi connectivity index (χ4n) is 2.20. The van der Waals surface area contributed by atoms with Gasteiger partial charge in [-0.15, -0.1) is 0 Å². The van der Waals surface area contributed by atoms with Crippen molar-refractivity contribution >= 4 is 17.2 Å². The molecule has 1 aromatic carbocycles. The van der Waals surface area contributed by atoms with E-state index in [0.29, 0.717) is 5.65 Å². The Morgan fingerprint density at radius 3 is 2.53 bits per heavy atom. The van der Waals surface area contributed by atoms with E-state index in [1.54, 1.807) is 16.5 Å². The molecular formula is C15H15N3O. The molecule has 2 aromatic heterocycles. The van der Waals surface area contributed by atoms with Crippen LogP contribution in [0, 0.1) is 13.8 Å². The van der Waals surface area contributed by atoms with Gasteiger partial charge in [0.15, 0.2) is 11.4 Å². The zero-order valence-electron chi connectivity index (χ0n) is 10.9. The maximum Gasteiger partial charge on any atom is 0.181 e. The van der Waals surface area contributed by atoms with Gasteiger partial charge >= 0.3 is 0 Å². The molecule has 0 aliphatic rings. The number of nitrogens with zero attached hydrogens (tertiary/aromatic N) is 2. The molecule has 3 aromatic rings. The van der Waals surface area contributed by atoms with Crippen LogP contribution in [0.1, 0.15) is 11.1 Å². The summed E-state index contributed by atoms with van der Waals surface area (Å²) in [4.78, 5) is 4.39. The van der Waals surface area contributed by atoms with Gasteiger partial charge in [0.25, 0.3) is 0 Å². The molecule has 0 aliphatic heterocycles. The van der Waals surface area contributed by atoms with E-state index in [1.165, 1.54) is 11.1 Å². The zero-order chi connectivity index (χ0) is 13.4. The Hall–Kier alpha value is -2.49. The first kappa shape index (κ1) is 11.6. The van der Waals surface area contributed by atoms with Gasteiger partial charge in [-0.2, -0.15) is 0 Å². The Morgan fingerprint density at radius 1 is 1.11 bits per heavy atom. The lowest BCUT2D eigenvalue weighted by Gasteiger charge is -2.09. The van der Waals surface area contributed by atoms with Crippen LogP contribution in [0.15, 0.2) is 42.7 Å². The highest BCUT2D eigenvalue weighted by atomic mass is 16.3. The number of anilines is 2. The quantitative estimate of drug-likeness (QED) is 0.736. The number of fused-ring (bicyclic) bond motifs is 1. The Balaban J connectivity index is 2.04. The van der Waals surface area contributed by atoms with Crippen LogP contribution < -0.4 is 5.32 Å². The molecule has 0 bridgehead atoms. The number of rotatable bonds is 2. The molecule has 2 N–H and O–H groups in total. The maximum atomic E-state index is 9.75. The number of para-hydroxylation sites is 1. The molecule has 4 heteroatoms. The summed E-state index contributed by atoms with van der Waals surface area (Å²) in [6, 6.07) is 9.56. The van der Waals surface area contributed by atoms with Crippen molar-refractivity contribution in [1.82, 2.24) is 9.38 Å². The van der Waals surface area contributed by atoms with Crippen LogP contribution in [-0.4, -0.2) is 14.5 Å². The average Bonchev–Trinajstić information content (AvgIpc) is 2.78. The van der Waals surface area contributed by atoms with E-state index >= 15 is 0 Å². The Morgan fingerprint density at radius 2 is 1.84 bits per heavy atom. The lowest BCUT2D eigenvalue weighted by molar-refractivity contribution is 0.477. The smallest absolute Gasteiger partial charge is 0.181 e. The fraction of sp³-hybridized carbons (Fsp3) is 0.133. The van der Waals surface area contributed by atoms with E-state index in [1.807, 2.05) is 18.5 Å². The van der Waals surface area contributed by atoms with Crippen molar-refractivity contribution in [3.05, 3.63) is 53.9 Å². The summed E-state index contributed by atoms with van der Waals surface area (Å²) in [5.41, 5.74) is 3.95. The summed E-state index contributed by atoms with van der Waals surface area (Å²) in [7, 11) is 0. The van der Waals surface area contributed by atoms with Crippen molar-refractivity contribution in [2.45, 2.75) is 13.8 Å². The minimum atomic E-state index is 0.178. The highest BCUT2D eigenvalue weighted by Crippen LogP contribution is 2.25. The topological polar surface area (TPSA) is 49.6 Å². The Labute approximate surface area is 111 Å². The lowest BCUT2D eigenvalue weighted by atomic mass is 10.1. The normalized spacial score (nSPS) is 10.8. The van der Waals surface area contributed by atoms with Gasteiger partial charge < -0.3 is 14.8 Å². The summed E-state index contributed by atoms with van der Waals surface area (Å²) < 4.78 is 1.80. The highest BCUT2D eigenvalue weighted by Gasteiger charge is 2.07. The van der Waals surface area contributed by atoms with Crippen molar-refractivity contribution in [3.8, 4) is 5.75 Å². The molecule has 0 saturated carbocycles. The average molecular weight is 253 g/mol. The molecule has 4 nitrogen and oxygen atoms in total. The molecule has 3 rings (SSSR count). The number of benzene rings is 1. The number of hydrogen-bond donors (Lipinski definition) is 2. The third kappa shape index (κ3) is 2.01. The van der Waals surface area contributed by atoms with E-state index in [-0.39, 0.29) is 5.75 Å². The van der Waals surface area contributed by atoms with Crippen molar-refractivity contribution < 1.29 is 5.11 Å². The minimum Gasteiger partial charge on any atom is -0.504 e. The summed E-state index contributed by atoms with van der Waals surface area (Å²) in [5, 5.41) is 13.1. The van der Waals surface area contributed by atoms with Gasteiger partial charge in [-0.1, -0.05) is 18.2 Å². The molecule has 0 radical (unpaired) electrons. The molecule has 0 aliphatic carbocycles. The standard InChI is InChI=1S/C15H15N3O/c1-10-5-3-6-11(2)14(10)16-13-9-18-8-4-7-12(19)15(18)17-13/h3-9,16,19H,1-2H3. The van der Waals surface area contributed by atoms with Crippen LogP contribution in [0.3, 0.4) is 0 Å². The van der Waals surface area contributed by atoms with Gasteiger partial charge in [-0.25, -0.2) is 4.98 Å². The third-order valence-electron chi connectivity index (χ3n) is 3.20. The maximum absolute atomic E-state index is 9.75. The monoisotopic (exact) mass is 253 g/mol. The van der Waals surface area contributed by atoms with Gasteiger partial charge in [0, 0.05) is 11.9 Å². The third-order valence-corrected chi connectivity index (χ3v) is 3.20. The van der Waals surface area contributed by atoms with Crippen LogP contribution in [0.5, 0.6) is 5.75 Å². The van der Waals surface area contributed by atoms with Gasteiger partial charge in [0.2, 0.25) is 0 Å². The zero-order valence-corrected chi connectivity index (χ0v) is 10.9. The molecular weight excluding hydrogens is 238 g/mol. The number of hydrogen-bond acceptors (Lipinski definition) is 3. The van der Waals surface area contributed by atoms with Crippen LogP contribution in [-0.2, 0) is 0 Å². The Kier molecular flexibility index (Phi) is 2.63. The van der Waals surface area contributed by atoms with E-state index < -0.39 is 0 Å². The number of imidazole rings is 1. The van der Waals surface area contributed by atoms with E-state index in [0.717, 1.165) is 11.5 Å². The highest BCUT2D eigenvalue weighted by molar-refractivity contribution is 5.67. The molecule has 0 atom stereocenters. The van der Waals surface area contributed by atoms with Crippen molar-refractivity contribution in [3.63, 3.8) is 0 Å². The second kappa shape index (κ2) is 4.31. The van der Waals surface area contributed by atoms with Crippen molar-refractivity contribution in [2.24, 2.45) is 0 Å². The molecule has 0 unspecified atom stereocenters. The number of aromatic hydroxyl groups is 1. The number of aromatic nitrogens is 2. The van der Waals surface area contributed by atoms with E-state index in [9.17, 15) is 5.11 Å². The van der Waals surface area contributed by atoms with Gasteiger partial charge in [0.05, 0.1) is 6.20 Å². The number of aryl methyl sites for hydroxylation is 2. The predicted octanol–water partition coefficient (Wildman–Crippen LogP) is 3.40. The van der Waals surface area contributed by atoms with Crippen molar-refractivity contribution in [2.75, 3.05) is 5.32 Å². The van der Waals surface area contributed by atoms with Gasteiger partial charge in [0.1, 0.15) is 5.82 Å². The van der Waals surface area contributed by atoms with E-state index in [2.05, 4.69) is 36.3 Å². The number of nitrogens with one attached hydrogen (secondary N) is 1. The van der Waals surface area contributed by atoms with E-state index in [4.69, 9.17) is 0 Å².